The van der Waals surface area contributed by atoms with Crippen LogP contribution in [-0.2, 0) is 9.59 Å². The van der Waals surface area contributed by atoms with Gasteiger partial charge in [0.25, 0.3) is 0 Å². The highest BCUT2D eigenvalue weighted by Gasteiger charge is 2.34. The number of aliphatic hydroxyl groups excluding tert-OH is 1. The van der Waals surface area contributed by atoms with Crippen molar-refractivity contribution in [2.75, 3.05) is 32.8 Å². The summed E-state index contributed by atoms with van der Waals surface area (Å²) in [6.07, 6.45) is 6.25. The minimum Gasteiger partial charge on any atom is -0.387 e. The molecule has 0 spiro atoms. The van der Waals surface area contributed by atoms with Crippen LogP contribution in [0.1, 0.15) is 38.5 Å². The highest BCUT2D eigenvalue weighted by atomic mass is 16.3. The molecule has 0 radical (unpaired) electrons. The van der Waals surface area contributed by atoms with Crippen molar-refractivity contribution in [1.82, 2.24) is 15.1 Å². The van der Waals surface area contributed by atoms with Crippen LogP contribution in [0.15, 0.2) is 0 Å². The molecule has 6 heteroatoms. The van der Waals surface area contributed by atoms with Crippen LogP contribution in [0.25, 0.3) is 0 Å². The summed E-state index contributed by atoms with van der Waals surface area (Å²) >= 11 is 0. The summed E-state index contributed by atoms with van der Waals surface area (Å²) < 4.78 is 0. The van der Waals surface area contributed by atoms with Gasteiger partial charge in [-0.05, 0) is 45.1 Å². The lowest BCUT2D eigenvalue weighted by atomic mass is 9.93. The van der Waals surface area contributed by atoms with Crippen LogP contribution >= 0.6 is 0 Å². The number of amides is 2. The molecule has 2 saturated heterocycles. The van der Waals surface area contributed by atoms with E-state index in [1.165, 1.54) is 0 Å². The van der Waals surface area contributed by atoms with Gasteiger partial charge in [0.15, 0.2) is 0 Å². The molecule has 124 valence electrons. The number of aliphatic hydroxyl groups is 1. The van der Waals surface area contributed by atoms with Crippen molar-refractivity contribution in [2.45, 2.75) is 50.6 Å². The Balaban J connectivity index is 1.47. The third-order valence-corrected chi connectivity index (χ3v) is 5.22. The van der Waals surface area contributed by atoms with E-state index in [9.17, 15) is 9.59 Å². The van der Waals surface area contributed by atoms with Crippen LogP contribution in [0.5, 0.6) is 0 Å². The first-order valence-electron chi connectivity index (χ1n) is 8.60. The lowest BCUT2D eigenvalue weighted by Crippen LogP contribution is -2.52. The third kappa shape index (κ3) is 3.79. The summed E-state index contributed by atoms with van der Waals surface area (Å²) in [6, 6.07) is 0.912. The lowest BCUT2D eigenvalue weighted by Gasteiger charge is -2.42. The van der Waals surface area contributed by atoms with Crippen molar-refractivity contribution in [3.63, 3.8) is 0 Å². The van der Waals surface area contributed by atoms with Gasteiger partial charge in [-0.25, -0.2) is 0 Å². The van der Waals surface area contributed by atoms with Crippen LogP contribution in [0, 0.1) is 5.92 Å². The quantitative estimate of drug-likeness (QED) is 0.764. The summed E-state index contributed by atoms with van der Waals surface area (Å²) in [5.41, 5.74) is 0. The van der Waals surface area contributed by atoms with Gasteiger partial charge in [-0.15, -0.1) is 0 Å². The maximum Gasteiger partial charge on any atom is 0.248 e. The van der Waals surface area contributed by atoms with Crippen molar-refractivity contribution in [2.24, 2.45) is 5.92 Å². The number of nitrogens with zero attached hydrogens (tertiary/aromatic N) is 2. The van der Waals surface area contributed by atoms with Crippen LogP contribution in [0.2, 0.25) is 0 Å². The summed E-state index contributed by atoms with van der Waals surface area (Å²) in [5, 5.41) is 12.1. The Morgan fingerprint density at radius 3 is 2.41 bits per heavy atom. The van der Waals surface area contributed by atoms with Gasteiger partial charge < -0.3 is 15.3 Å². The molecule has 3 rings (SSSR count). The molecule has 1 atom stereocenters. The SMILES string of the molecule is O=C(NC1CC1)[C@H]1CCCN(C2CCN(C(=O)CO)CC2)C1. The Bertz CT molecular complexity index is 417. The molecule has 2 heterocycles. The zero-order valence-electron chi connectivity index (χ0n) is 13.2. The highest BCUT2D eigenvalue weighted by molar-refractivity contribution is 5.79. The summed E-state index contributed by atoms with van der Waals surface area (Å²) in [4.78, 5) is 27.9. The Morgan fingerprint density at radius 1 is 1.05 bits per heavy atom. The molecule has 3 aliphatic rings. The van der Waals surface area contributed by atoms with Gasteiger partial charge in [0, 0.05) is 31.7 Å². The zero-order chi connectivity index (χ0) is 15.5. The minimum atomic E-state index is -0.391. The van der Waals surface area contributed by atoms with Gasteiger partial charge in [0.2, 0.25) is 11.8 Å². The van der Waals surface area contributed by atoms with Crippen molar-refractivity contribution in [1.29, 1.82) is 0 Å². The normalized spacial score (nSPS) is 27.7. The minimum absolute atomic E-state index is 0.131. The smallest absolute Gasteiger partial charge is 0.248 e. The molecule has 2 N–H and O–H groups in total. The second-order valence-corrected chi connectivity index (χ2v) is 6.89. The largest absolute Gasteiger partial charge is 0.387 e. The Labute approximate surface area is 131 Å². The van der Waals surface area contributed by atoms with Gasteiger partial charge in [-0.3, -0.25) is 14.5 Å². The molecule has 0 aromatic carbocycles. The number of rotatable bonds is 4. The van der Waals surface area contributed by atoms with Gasteiger partial charge in [-0.1, -0.05) is 0 Å². The predicted molar refractivity (Wildman–Crippen MR) is 82.1 cm³/mol. The first kappa shape index (κ1) is 15.7. The monoisotopic (exact) mass is 309 g/mol. The molecule has 0 aromatic heterocycles. The predicted octanol–water partition coefficient (Wildman–Crippen LogP) is -0.0397. The number of hydrogen-bond donors (Lipinski definition) is 2. The molecule has 1 aliphatic carbocycles. The molecule has 2 amide bonds. The van der Waals surface area contributed by atoms with E-state index in [1.807, 2.05) is 0 Å². The van der Waals surface area contributed by atoms with Crippen molar-refractivity contribution in [3.05, 3.63) is 0 Å². The first-order chi connectivity index (χ1) is 10.7. The fraction of sp³-hybridized carbons (Fsp3) is 0.875. The fourth-order valence-electron chi connectivity index (χ4n) is 3.68. The fourth-order valence-corrected chi connectivity index (χ4v) is 3.68. The summed E-state index contributed by atoms with van der Waals surface area (Å²) in [6.45, 7) is 2.97. The molecule has 2 aliphatic heterocycles. The van der Waals surface area contributed by atoms with E-state index in [0.717, 1.165) is 64.7 Å². The number of piperidine rings is 2. The Kier molecular flexibility index (Phi) is 4.98. The number of carbonyl (C=O) groups is 2. The molecule has 0 unspecified atom stereocenters. The highest BCUT2D eigenvalue weighted by Crippen LogP contribution is 2.25. The number of likely N-dealkylation sites (tertiary alicyclic amines) is 2. The van der Waals surface area contributed by atoms with E-state index in [-0.39, 0.29) is 17.7 Å². The molecule has 6 nitrogen and oxygen atoms in total. The number of carbonyl (C=O) groups excluding carboxylic acids is 2. The van der Waals surface area contributed by atoms with Gasteiger partial charge in [0.05, 0.1) is 5.92 Å². The molecule has 1 saturated carbocycles. The molecule has 0 aromatic rings. The molecular weight excluding hydrogens is 282 g/mol. The van der Waals surface area contributed by atoms with Crippen LogP contribution < -0.4 is 5.32 Å². The zero-order valence-corrected chi connectivity index (χ0v) is 13.2. The van der Waals surface area contributed by atoms with E-state index in [1.54, 1.807) is 4.90 Å². The maximum absolute atomic E-state index is 12.2. The lowest BCUT2D eigenvalue weighted by molar-refractivity contribution is -0.135. The van der Waals surface area contributed by atoms with E-state index < -0.39 is 6.61 Å². The van der Waals surface area contributed by atoms with Gasteiger partial charge >= 0.3 is 0 Å². The second-order valence-electron chi connectivity index (χ2n) is 6.89. The topological polar surface area (TPSA) is 72.9 Å². The Hall–Kier alpha value is -1.14. The van der Waals surface area contributed by atoms with Crippen molar-refractivity contribution < 1.29 is 14.7 Å². The third-order valence-electron chi connectivity index (χ3n) is 5.22. The molecular formula is C16H27N3O3. The van der Waals surface area contributed by atoms with Crippen molar-refractivity contribution >= 4 is 11.8 Å². The van der Waals surface area contributed by atoms with Gasteiger partial charge in [0.1, 0.15) is 6.61 Å². The average molecular weight is 309 g/mol. The van der Waals surface area contributed by atoms with Crippen molar-refractivity contribution in [3.8, 4) is 0 Å². The Morgan fingerprint density at radius 2 is 1.77 bits per heavy atom. The molecule has 3 fully saturated rings. The van der Waals surface area contributed by atoms with Crippen LogP contribution in [0.4, 0.5) is 0 Å². The summed E-state index contributed by atoms with van der Waals surface area (Å²) in [5.74, 6) is 0.199. The number of nitrogens with one attached hydrogen (secondary N) is 1. The second kappa shape index (κ2) is 6.96. The standard InChI is InChI=1S/C16H27N3O3/c20-11-15(21)18-8-5-14(6-9-18)19-7-1-2-12(10-19)16(22)17-13-3-4-13/h12-14,20H,1-11H2,(H,17,22)/t12-/m0/s1. The van der Waals surface area contributed by atoms with E-state index in [2.05, 4.69) is 10.2 Å². The molecule has 0 bridgehead atoms. The van der Waals surface area contributed by atoms with E-state index in [4.69, 9.17) is 5.11 Å². The molecule has 22 heavy (non-hydrogen) atoms. The van der Waals surface area contributed by atoms with Crippen LogP contribution in [0.3, 0.4) is 0 Å². The number of hydrogen-bond acceptors (Lipinski definition) is 4. The van der Waals surface area contributed by atoms with E-state index >= 15 is 0 Å². The van der Waals surface area contributed by atoms with Crippen LogP contribution in [-0.4, -0.2) is 71.6 Å². The van der Waals surface area contributed by atoms with E-state index in [0.29, 0.717) is 12.1 Å². The summed E-state index contributed by atoms with van der Waals surface area (Å²) in [7, 11) is 0. The maximum atomic E-state index is 12.2. The van der Waals surface area contributed by atoms with Gasteiger partial charge in [-0.2, -0.15) is 0 Å². The first-order valence-corrected chi connectivity index (χ1v) is 8.60. The average Bonchev–Trinajstić information content (AvgIpc) is 3.38.